The number of carbonyl (C=O) groups excluding carboxylic acids is 1. The molecule has 0 unspecified atom stereocenters. The Hall–Kier alpha value is -1.95. The van der Waals surface area contributed by atoms with Crippen LogP contribution in [-0.4, -0.2) is 37.5 Å². The lowest BCUT2D eigenvalue weighted by atomic mass is 9.95. The van der Waals surface area contributed by atoms with Gasteiger partial charge in [-0.1, -0.05) is 17.3 Å². The van der Waals surface area contributed by atoms with Crippen molar-refractivity contribution in [3.8, 4) is 0 Å². The molecule has 0 aromatic heterocycles. The van der Waals surface area contributed by atoms with Gasteiger partial charge in [0.15, 0.2) is 0 Å². The zero-order valence-corrected chi connectivity index (χ0v) is 12.2. The molecule has 1 amide bonds. The van der Waals surface area contributed by atoms with Crippen LogP contribution in [0.15, 0.2) is 29.4 Å². The Balaban J connectivity index is 1.94. The minimum absolute atomic E-state index is 0.228. The molecule has 1 aliphatic rings. The number of methoxy groups -OCH3 is 1. The second-order valence-corrected chi connectivity index (χ2v) is 5.15. The molecule has 0 saturated heterocycles. The van der Waals surface area contributed by atoms with E-state index in [9.17, 15) is 9.18 Å². The smallest absolute Gasteiger partial charge is 0.267 e. The second kappa shape index (κ2) is 6.67. The lowest BCUT2D eigenvalue weighted by Gasteiger charge is -2.20. The van der Waals surface area contributed by atoms with Crippen LogP contribution < -0.4 is 5.32 Å². The number of carbonyl (C=O) groups is 1. The van der Waals surface area contributed by atoms with E-state index in [1.54, 1.807) is 26.2 Å². The van der Waals surface area contributed by atoms with E-state index in [4.69, 9.17) is 9.57 Å². The summed E-state index contributed by atoms with van der Waals surface area (Å²) in [5, 5.41) is 6.72. The summed E-state index contributed by atoms with van der Waals surface area (Å²) in [6.45, 7) is 2.78. The van der Waals surface area contributed by atoms with Crippen LogP contribution in [0.5, 0.6) is 0 Å². The van der Waals surface area contributed by atoms with Crippen molar-refractivity contribution in [1.29, 1.82) is 0 Å². The molecule has 1 heterocycles. The van der Waals surface area contributed by atoms with Gasteiger partial charge in [0, 0.05) is 32.2 Å². The SMILES string of the molecule is COCCCNC(=O)[C@]1(C)CC(c2cccc(F)c2)=NO1. The Morgan fingerprint density at radius 1 is 1.57 bits per heavy atom. The summed E-state index contributed by atoms with van der Waals surface area (Å²) >= 11 is 0. The quantitative estimate of drug-likeness (QED) is 0.815. The number of oxime groups is 1. The molecule has 0 bridgehead atoms. The highest BCUT2D eigenvalue weighted by molar-refractivity contribution is 6.05. The monoisotopic (exact) mass is 294 g/mol. The lowest BCUT2D eigenvalue weighted by molar-refractivity contribution is -0.141. The van der Waals surface area contributed by atoms with Crippen molar-refractivity contribution in [1.82, 2.24) is 5.32 Å². The zero-order valence-electron chi connectivity index (χ0n) is 12.2. The van der Waals surface area contributed by atoms with Crippen LogP contribution in [0.4, 0.5) is 4.39 Å². The van der Waals surface area contributed by atoms with Crippen molar-refractivity contribution in [2.45, 2.75) is 25.4 Å². The van der Waals surface area contributed by atoms with E-state index < -0.39 is 5.60 Å². The molecule has 1 aromatic carbocycles. The van der Waals surface area contributed by atoms with Crippen LogP contribution in [0.3, 0.4) is 0 Å². The van der Waals surface area contributed by atoms with Gasteiger partial charge in [0.1, 0.15) is 5.82 Å². The molecule has 21 heavy (non-hydrogen) atoms. The molecule has 0 spiro atoms. The number of hydrogen-bond acceptors (Lipinski definition) is 4. The Labute approximate surface area is 123 Å². The summed E-state index contributed by atoms with van der Waals surface area (Å²) in [4.78, 5) is 17.4. The molecule has 0 saturated carbocycles. The molecule has 0 aliphatic carbocycles. The fraction of sp³-hybridized carbons (Fsp3) is 0.467. The van der Waals surface area contributed by atoms with Crippen molar-refractivity contribution < 1.29 is 18.8 Å². The summed E-state index contributed by atoms with van der Waals surface area (Å²) in [7, 11) is 1.61. The third-order valence-corrected chi connectivity index (χ3v) is 3.31. The summed E-state index contributed by atoms with van der Waals surface area (Å²) < 4.78 is 18.1. The number of halogens is 1. The number of hydrogen-bond donors (Lipinski definition) is 1. The molecule has 1 aliphatic heterocycles. The Bertz CT molecular complexity index is 547. The van der Waals surface area contributed by atoms with Crippen LogP contribution in [0, 0.1) is 5.82 Å². The van der Waals surface area contributed by atoms with Crippen LogP contribution in [0.2, 0.25) is 0 Å². The maximum Gasteiger partial charge on any atom is 0.267 e. The average Bonchev–Trinajstić information content (AvgIpc) is 2.87. The lowest BCUT2D eigenvalue weighted by Crippen LogP contribution is -2.45. The average molecular weight is 294 g/mol. The number of benzene rings is 1. The molecule has 114 valence electrons. The van der Waals surface area contributed by atoms with E-state index in [0.29, 0.717) is 30.8 Å². The standard InChI is InChI=1S/C15H19FN2O3/c1-15(14(19)17-7-4-8-20-2)10-13(18-21-15)11-5-3-6-12(16)9-11/h3,5-6,9H,4,7-8,10H2,1-2H3,(H,17,19)/t15-/m0/s1. The van der Waals surface area contributed by atoms with E-state index in [0.717, 1.165) is 6.42 Å². The van der Waals surface area contributed by atoms with E-state index in [-0.39, 0.29) is 11.7 Å². The molecular formula is C15H19FN2O3. The Morgan fingerprint density at radius 2 is 2.38 bits per heavy atom. The largest absolute Gasteiger partial charge is 0.385 e. The van der Waals surface area contributed by atoms with Gasteiger partial charge in [-0.3, -0.25) is 4.79 Å². The van der Waals surface area contributed by atoms with Crippen LogP contribution in [-0.2, 0) is 14.4 Å². The number of nitrogens with zero attached hydrogens (tertiary/aromatic N) is 1. The normalized spacial score (nSPS) is 20.8. The van der Waals surface area contributed by atoms with Gasteiger partial charge in [-0.05, 0) is 25.5 Å². The number of rotatable bonds is 6. The molecular weight excluding hydrogens is 275 g/mol. The van der Waals surface area contributed by atoms with Gasteiger partial charge in [-0.15, -0.1) is 0 Å². The van der Waals surface area contributed by atoms with E-state index >= 15 is 0 Å². The summed E-state index contributed by atoms with van der Waals surface area (Å²) in [6, 6.07) is 6.09. The van der Waals surface area contributed by atoms with E-state index in [1.165, 1.54) is 12.1 Å². The van der Waals surface area contributed by atoms with Gasteiger partial charge in [0.25, 0.3) is 5.91 Å². The fourth-order valence-electron chi connectivity index (χ4n) is 2.09. The third-order valence-electron chi connectivity index (χ3n) is 3.31. The first kappa shape index (κ1) is 15.4. The number of amides is 1. The highest BCUT2D eigenvalue weighted by Gasteiger charge is 2.42. The van der Waals surface area contributed by atoms with Crippen LogP contribution >= 0.6 is 0 Å². The third kappa shape index (κ3) is 3.78. The summed E-state index contributed by atoms with van der Waals surface area (Å²) in [5.41, 5.74) is 0.157. The minimum Gasteiger partial charge on any atom is -0.385 e. The topological polar surface area (TPSA) is 59.9 Å². The van der Waals surface area contributed by atoms with Crippen LogP contribution in [0.1, 0.15) is 25.3 Å². The molecule has 2 rings (SSSR count). The van der Waals surface area contributed by atoms with Crippen molar-refractivity contribution in [3.63, 3.8) is 0 Å². The minimum atomic E-state index is -1.05. The van der Waals surface area contributed by atoms with E-state index in [1.807, 2.05) is 0 Å². The Morgan fingerprint density at radius 3 is 3.10 bits per heavy atom. The highest BCUT2D eigenvalue weighted by Crippen LogP contribution is 2.27. The van der Waals surface area contributed by atoms with Gasteiger partial charge in [-0.25, -0.2) is 4.39 Å². The predicted octanol–water partition coefficient (Wildman–Crippen LogP) is 1.86. The Kier molecular flexibility index (Phi) is 4.90. The van der Waals surface area contributed by atoms with Crippen LogP contribution in [0.25, 0.3) is 0 Å². The summed E-state index contributed by atoms with van der Waals surface area (Å²) in [6.07, 6.45) is 1.04. The van der Waals surface area contributed by atoms with Crippen molar-refractivity contribution >= 4 is 11.6 Å². The van der Waals surface area contributed by atoms with E-state index in [2.05, 4.69) is 10.5 Å². The van der Waals surface area contributed by atoms with Crippen molar-refractivity contribution in [2.75, 3.05) is 20.3 Å². The van der Waals surface area contributed by atoms with Gasteiger partial charge < -0.3 is 14.9 Å². The van der Waals surface area contributed by atoms with Gasteiger partial charge >= 0.3 is 0 Å². The van der Waals surface area contributed by atoms with Gasteiger partial charge in [0.05, 0.1) is 5.71 Å². The fourth-order valence-corrected chi connectivity index (χ4v) is 2.09. The highest BCUT2D eigenvalue weighted by atomic mass is 19.1. The molecule has 6 heteroatoms. The second-order valence-electron chi connectivity index (χ2n) is 5.15. The first-order chi connectivity index (χ1) is 10.0. The molecule has 0 radical (unpaired) electrons. The maximum atomic E-state index is 13.2. The molecule has 1 atom stereocenters. The number of nitrogens with one attached hydrogen (secondary N) is 1. The number of ether oxygens (including phenoxy) is 1. The van der Waals surface area contributed by atoms with Crippen molar-refractivity contribution in [3.05, 3.63) is 35.6 Å². The van der Waals surface area contributed by atoms with Crippen molar-refractivity contribution in [2.24, 2.45) is 5.16 Å². The summed E-state index contributed by atoms with van der Waals surface area (Å²) in [5.74, 6) is -0.568. The molecule has 1 N–H and O–H groups in total. The molecule has 5 nitrogen and oxygen atoms in total. The van der Waals surface area contributed by atoms with Gasteiger partial charge in [0.2, 0.25) is 5.60 Å². The first-order valence-corrected chi connectivity index (χ1v) is 6.83. The predicted molar refractivity (Wildman–Crippen MR) is 76.5 cm³/mol. The molecule has 1 aromatic rings. The first-order valence-electron chi connectivity index (χ1n) is 6.83. The zero-order chi connectivity index (χ0) is 15.3. The molecule has 0 fully saturated rings. The van der Waals surface area contributed by atoms with Gasteiger partial charge in [-0.2, -0.15) is 0 Å². The maximum absolute atomic E-state index is 13.2.